The Morgan fingerprint density at radius 1 is 0.972 bits per heavy atom. The summed E-state index contributed by atoms with van der Waals surface area (Å²) >= 11 is 0. The predicted octanol–water partition coefficient (Wildman–Crippen LogP) is 3.93. The maximum absolute atomic E-state index is 13.5. The number of carboxylic acids is 1. The van der Waals surface area contributed by atoms with Crippen LogP contribution >= 0.6 is 0 Å². The van der Waals surface area contributed by atoms with E-state index in [4.69, 9.17) is 4.74 Å². The Labute approximate surface area is 209 Å². The zero-order chi connectivity index (χ0) is 25.3. The molecule has 2 N–H and O–H groups in total. The SMILES string of the molecule is O=C(O)CC1(CC(=O)N2CCC3NC(=O)N(c4ccc(Oc5ccccc5)cc4)C(=O)C32)CCCC1. The summed E-state index contributed by atoms with van der Waals surface area (Å²) in [6.45, 7) is 0.348. The largest absolute Gasteiger partial charge is 0.481 e. The Hall–Kier alpha value is -3.88. The van der Waals surface area contributed by atoms with Gasteiger partial charge in [-0.05, 0) is 61.1 Å². The van der Waals surface area contributed by atoms with E-state index in [0.29, 0.717) is 43.0 Å². The van der Waals surface area contributed by atoms with E-state index in [-0.39, 0.29) is 18.7 Å². The molecule has 2 aromatic rings. The van der Waals surface area contributed by atoms with Crippen LogP contribution in [0.15, 0.2) is 54.6 Å². The third kappa shape index (κ3) is 4.65. The highest BCUT2D eigenvalue weighted by molar-refractivity contribution is 6.19. The second-order valence-electron chi connectivity index (χ2n) is 9.91. The van der Waals surface area contributed by atoms with Crippen molar-refractivity contribution in [1.82, 2.24) is 10.2 Å². The van der Waals surface area contributed by atoms with Crippen molar-refractivity contribution in [2.24, 2.45) is 5.41 Å². The van der Waals surface area contributed by atoms with Gasteiger partial charge >= 0.3 is 12.0 Å². The summed E-state index contributed by atoms with van der Waals surface area (Å²) in [5.74, 6) is -0.351. The lowest BCUT2D eigenvalue weighted by Crippen LogP contribution is -2.65. The summed E-state index contributed by atoms with van der Waals surface area (Å²) in [6, 6.07) is 14.1. The van der Waals surface area contributed by atoms with Crippen LogP contribution in [0.1, 0.15) is 44.9 Å². The minimum atomic E-state index is -0.907. The standard InChI is InChI=1S/C27H29N3O6/c31-22(16-27(17-23(32)33)13-4-5-14-27)29-15-12-21-24(29)25(34)30(26(35)28-21)18-8-10-20(11-9-18)36-19-6-2-1-3-7-19/h1-3,6-11,21,24H,4-5,12-17H2,(H,28,35)(H,32,33). The van der Waals surface area contributed by atoms with Gasteiger partial charge in [0.2, 0.25) is 5.91 Å². The second-order valence-corrected chi connectivity index (χ2v) is 9.91. The van der Waals surface area contributed by atoms with Crippen molar-refractivity contribution in [3.63, 3.8) is 0 Å². The first kappa shape index (κ1) is 23.8. The lowest BCUT2D eigenvalue weighted by molar-refractivity contribution is -0.143. The fourth-order valence-electron chi connectivity index (χ4n) is 5.80. The number of nitrogens with zero attached hydrogens (tertiary/aromatic N) is 2. The molecule has 0 radical (unpaired) electrons. The zero-order valence-electron chi connectivity index (χ0n) is 19.9. The van der Waals surface area contributed by atoms with Gasteiger partial charge in [0.05, 0.1) is 18.2 Å². The van der Waals surface area contributed by atoms with E-state index >= 15 is 0 Å². The maximum Gasteiger partial charge on any atom is 0.329 e. The topological polar surface area (TPSA) is 116 Å². The Kier molecular flexibility index (Phi) is 6.38. The summed E-state index contributed by atoms with van der Waals surface area (Å²) in [4.78, 5) is 53.8. The molecule has 2 aliphatic heterocycles. The Morgan fingerprint density at radius 2 is 1.64 bits per heavy atom. The molecule has 2 atom stereocenters. The fourth-order valence-corrected chi connectivity index (χ4v) is 5.80. The highest BCUT2D eigenvalue weighted by Gasteiger charge is 2.51. The van der Waals surface area contributed by atoms with Crippen molar-refractivity contribution >= 4 is 29.5 Å². The van der Waals surface area contributed by atoms with Gasteiger partial charge in [-0.15, -0.1) is 0 Å². The van der Waals surface area contributed by atoms with Crippen molar-refractivity contribution in [3.8, 4) is 11.5 Å². The monoisotopic (exact) mass is 491 g/mol. The van der Waals surface area contributed by atoms with E-state index in [2.05, 4.69) is 5.32 Å². The predicted molar refractivity (Wildman–Crippen MR) is 131 cm³/mol. The van der Waals surface area contributed by atoms with Gasteiger partial charge in [-0.3, -0.25) is 14.4 Å². The minimum absolute atomic E-state index is 0.0467. The van der Waals surface area contributed by atoms with Crippen molar-refractivity contribution in [3.05, 3.63) is 54.6 Å². The van der Waals surface area contributed by atoms with E-state index < -0.39 is 35.4 Å². The van der Waals surface area contributed by atoms with Gasteiger partial charge in [0.1, 0.15) is 17.5 Å². The highest BCUT2D eigenvalue weighted by Crippen LogP contribution is 2.45. The van der Waals surface area contributed by atoms with Crippen molar-refractivity contribution in [1.29, 1.82) is 0 Å². The summed E-state index contributed by atoms with van der Waals surface area (Å²) in [7, 11) is 0. The first-order valence-electron chi connectivity index (χ1n) is 12.3. The van der Waals surface area contributed by atoms with E-state index in [1.54, 1.807) is 24.3 Å². The van der Waals surface area contributed by atoms with Crippen molar-refractivity contribution in [2.75, 3.05) is 11.4 Å². The van der Waals surface area contributed by atoms with Crippen LogP contribution in [0, 0.1) is 5.41 Å². The zero-order valence-corrected chi connectivity index (χ0v) is 19.9. The summed E-state index contributed by atoms with van der Waals surface area (Å²) in [5.41, 5.74) is -0.176. The number of carbonyl (C=O) groups excluding carboxylic acids is 3. The average Bonchev–Trinajstić information content (AvgIpc) is 3.47. The number of hydrogen-bond donors (Lipinski definition) is 2. The number of nitrogens with one attached hydrogen (secondary N) is 1. The van der Waals surface area contributed by atoms with E-state index in [1.165, 1.54) is 4.90 Å². The molecule has 2 saturated heterocycles. The number of aliphatic carboxylic acids is 1. The molecule has 5 rings (SSSR count). The van der Waals surface area contributed by atoms with Crippen LogP contribution < -0.4 is 15.0 Å². The number of likely N-dealkylation sites (tertiary alicyclic amines) is 1. The smallest absolute Gasteiger partial charge is 0.329 e. The number of amides is 4. The fraction of sp³-hybridized carbons (Fsp3) is 0.407. The van der Waals surface area contributed by atoms with Gasteiger partial charge in [0, 0.05) is 13.0 Å². The molecule has 2 aromatic carbocycles. The average molecular weight is 492 g/mol. The molecule has 9 nitrogen and oxygen atoms in total. The summed E-state index contributed by atoms with van der Waals surface area (Å²) in [6.07, 6.45) is 3.74. The van der Waals surface area contributed by atoms with Crippen LogP contribution in [0.3, 0.4) is 0 Å². The van der Waals surface area contributed by atoms with Gasteiger partial charge in [-0.1, -0.05) is 31.0 Å². The van der Waals surface area contributed by atoms with Crippen LogP contribution in [-0.4, -0.2) is 52.4 Å². The number of rotatable bonds is 7. The molecular formula is C27H29N3O6. The van der Waals surface area contributed by atoms with Crippen LogP contribution in [-0.2, 0) is 14.4 Å². The van der Waals surface area contributed by atoms with Gasteiger partial charge in [0.25, 0.3) is 5.91 Å². The van der Waals surface area contributed by atoms with Crippen LogP contribution in [0.2, 0.25) is 0 Å². The molecule has 1 aliphatic carbocycles. The summed E-state index contributed by atoms with van der Waals surface area (Å²) in [5, 5.41) is 12.3. The number of imide groups is 1. The van der Waals surface area contributed by atoms with Gasteiger partial charge in [-0.2, -0.15) is 0 Å². The Bertz CT molecular complexity index is 1160. The maximum atomic E-state index is 13.5. The van der Waals surface area contributed by atoms with Crippen LogP contribution in [0.4, 0.5) is 10.5 Å². The number of benzene rings is 2. The Morgan fingerprint density at radius 3 is 2.31 bits per heavy atom. The van der Waals surface area contributed by atoms with E-state index in [1.807, 2.05) is 30.3 Å². The number of hydrogen-bond acceptors (Lipinski definition) is 5. The number of fused-ring (bicyclic) bond motifs is 1. The highest BCUT2D eigenvalue weighted by atomic mass is 16.5. The molecule has 4 amide bonds. The number of urea groups is 1. The van der Waals surface area contributed by atoms with Crippen LogP contribution in [0.25, 0.3) is 0 Å². The van der Waals surface area contributed by atoms with Crippen LogP contribution in [0.5, 0.6) is 11.5 Å². The molecule has 3 aliphatic rings. The molecule has 2 unspecified atom stereocenters. The number of carbonyl (C=O) groups is 4. The molecule has 36 heavy (non-hydrogen) atoms. The lowest BCUT2D eigenvalue weighted by Gasteiger charge is -2.38. The molecule has 0 spiro atoms. The molecule has 0 aromatic heterocycles. The molecule has 3 fully saturated rings. The van der Waals surface area contributed by atoms with E-state index in [9.17, 15) is 24.3 Å². The summed E-state index contributed by atoms with van der Waals surface area (Å²) < 4.78 is 5.79. The molecule has 9 heteroatoms. The quantitative estimate of drug-likeness (QED) is 0.606. The normalized spacial score (nSPS) is 22.8. The third-order valence-electron chi connectivity index (χ3n) is 7.49. The van der Waals surface area contributed by atoms with Gasteiger partial charge in [-0.25, -0.2) is 9.69 Å². The third-order valence-corrected chi connectivity index (χ3v) is 7.49. The molecule has 1 saturated carbocycles. The van der Waals surface area contributed by atoms with Gasteiger partial charge < -0.3 is 20.1 Å². The first-order chi connectivity index (χ1) is 17.3. The minimum Gasteiger partial charge on any atom is -0.481 e. The van der Waals surface area contributed by atoms with Gasteiger partial charge in [0.15, 0.2) is 0 Å². The molecule has 2 heterocycles. The second kappa shape index (κ2) is 9.64. The molecule has 188 valence electrons. The lowest BCUT2D eigenvalue weighted by atomic mass is 9.79. The molecular weight excluding hydrogens is 462 g/mol. The molecule has 0 bridgehead atoms. The Balaban J connectivity index is 1.32. The number of ether oxygens (including phenoxy) is 1. The number of carboxylic acid groups (broad SMARTS) is 1. The number of anilines is 1. The van der Waals surface area contributed by atoms with Crippen molar-refractivity contribution in [2.45, 2.75) is 57.0 Å². The first-order valence-corrected chi connectivity index (χ1v) is 12.3. The van der Waals surface area contributed by atoms with E-state index in [0.717, 1.165) is 17.7 Å². The number of para-hydroxylation sites is 1. The van der Waals surface area contributed by atoms with Crippen molar-refractivity contribution < 1.29 is 29.0 Å².